The first kappa shape index (κ1) is 16.6. The molecule has 0 radical (unpaired) electrons. The van der Waals surface area contributed by atoms with Gasteiger partial charge in [0.05, 0.1) is 11.1 Å². The van der Waals surface area contributed by atoms with Crippen LogP contribution in [0.4, 0.5) is 4.39 Å². The Morgan fingerprint density at radius 3 is 2.48 bits per heavy atom. The number of primary amides is 1. The summed E-state index contributed by atoms with van der Waals surface area (Å²) in [4.78, 5) is 28.7. The Balaban J connectivity index is 1.97. The Bertz CT molecular complexity index is 955. The number of aryl methyl sites for hydroxylation is 1. The van der Waals surface area contributed by atoms with Crippen molar-refractivity contribution in [1.29, 1.82) is 0 Å². The van der Waals surface area contributed by atoms with E-state index in [1.54, 1.807) is 31.2 Å². The Labute approximate surface area is 143 Å². The van der Waals surface area contributed by atoms with Crippen molar-refractivity contribution < 1.29 is 18.7 Å². The van der Waals surface area contributed by atoms with Gasteiger partial charge in [0.25, 0.3) is 5.91 Å². The molecular formula is C19H15FN2O3. The Kier molecular flexibility index (Phi) is 4.43. The fourth-order valence-electron chi connectivity index (χ4n) is 2.58. The predicted octanol–water partition coefficient (Wildman–Crippen LogP) is 3.07. The average molecular weight is 338 g/mol. The second kappa shape index (κ2) is 6.68. The second-order valence-electron chi connectivity index (χ2n) is 5.57. The molecule has 2 N–H and O–H groups in total. The van der Waals surface area contributed by atoms with Crippen LogP contribution in [-0.2, 0) is 9.53 Å². The third-order valence-corrected chi connectivity index (χ3v) is 3.72. The van der Waals surface area contributed by atoms with E-state index in [2.05, 4.69) is 4.98 Å². The highest BCUT2D eigenvalue weighted by Crippen LogP contribution is 2.23. The number of halogens is 1. The quantitative estimate of drug-likeness (QED) is 0.741. The van der Waals surface area contributed by atoms with E-state index in [4.69, 9.17) is 10.5 Å². The van der Waals surface area contributed by atoms with Crippen LogP contribution >= 0.6 is 0 Å². The van der Waals surface area contributed by atoms with E-state index >= 15 is 0 Å². The Morgan fingerprint density at radius 1 is 1.12 bits per heavy atom. The molecule has 2 aromatic carbocycles. The summed E-state index contributed by atoms with van der Waals surface area (Å²) < 4.78 is 18.4. The van der Waals surface area contributed by atoms with Crippen molar-refractivity contribution in [2.75, 3.05) is 0 Å². The fraction of sp³-hybridized carbons (Fsp3) is 0.105. The summed E-state index contributed by atoms with van der Waals surface area (Å²) in [6.45, 7) is 1.76. The molecule has 0 fully saturated rings. The summed E-state index contributed by atoms with van der Waals surface area (Å²) in [5, 5.41) is 0.612. The minimum absolute atomic E-state index is 0.288. The third kappa shape index (κ3) is 3.47. The van der Waals surface area contributed by atoms with E-state index in [9.17, 15) is 14.0 Å². The molecular weight excluding hydrogens is 323 g/mol. The third-order valence-electron chi connectivity index (χ3n) is 3.72. The van der Waals surface area contributed by atoms with Crippen molar-refractivity contribution >= 4 is 22.8 Å². The van der Waals surface area contributed by atoms with Gasteiger partial charge in [-0.25, -0.2) is 9.18 Å². The van der Waals surface area contributed by atoms with E-state index in [0.29, 0.717) is 22.2 Å². The van der Waals surface area contributed by atoms with E-state index in [1.807, 2.05) is 6.07 Å². The highest BCUT2D eigenvalue weighted by Gasteiger charge is 2.24. The number of aromatic nitrogens is 1. The molecule has 25 heavy (non-hydrogen) atoms. The number of para-hydroxylation sites is 1. The van der Waals surface area contributed by atoms with Gasteiger partial charge >= 0.3 is 5.97 Å². The number of ether oxygens (including phenoxy) is 1. The Hall–Kier alpha value is -3.28. The Morgan fingerprint density at radius 2 is 1.80 bits per heavy atom. The van der Waals surface area contributed by atoms with Gasteiger partial charge < -0.3 is 10.5 Å². The number of benzene rings is 2. The SMILES string of the molecule is Cc1cc(C(=O)O[C@H](C(N)=O)c2ccc(F)cc2)c2ccccc2n1. The van der Waals surface area contributed by atoms with Gasteiger partial charge in [-0.15, -0.1) is 0 Å². The molecule has 3 rings (SSSR count). The predicted molar refractivity (Wildman–Crippen MR) is 90.2 cm³/mol. The van der Waals surface area contributed by atoms with Crippen LogP contribution in [0.25, 0.3) is 10.9 Å². The maximum atomic E-state index is 13.1. The van der Waals surface area contributed by atoms with Crippen molar-refractivity contribution in [1.82, 2.24) is 4.98 Å². The topological polar surface area (TPSA) is 82.3 Å². The molecule has 0 aliphatic heterocycles. The first-order valence-corrected chi connectivity index (χ1v) is 7.58. The van der Waals surface area contributed by atoms with Crippen LogP contribution in [0.15, 0.2) is 54.6 Å². The maximum absolute atomic E-state index is 13.1. The number of esters is 1. The van der Waals surface area contributed by atoms with Gasteiger partial charge in [-0.05, 0) is 31.2 Å². The number of pyridine rings is 1. The summed E-state index contributed by atoms with van der Waals surface area (Å²) in [6, 6.07) is 13.8. The van der Waals surface area contributed by atoms with Gasteiger partial charge in [-0.2, -0.15) is 0 Å². The van der Waals surface area contributed by atoms with Crippen LogP contribution in [-0.4, -0.2) is 16.9 Å². The molecule has 0 aliphatic carbocycles. The number of rotatable bonds is 4. The number of hydrogen-bond donors (Lipinski definition) is 1. The molecule has 0 saturated heterocycles. The summed E-state index contributed by atoms with van der Waals surface area (Å²) in [6.07, 6.45) is -1.31. The van der Waals surface area contributed by atoms with Crippen LogP contribution in [0.1, 0.15) is 27.7 Å². The molecule has 0 bridgehead atoms. The molecule has 0 spiro atoms. The molecule has 0 saturated carbocycles. The molecule has 1 aromatic heterocycles. The lowest BCUT2D eigenvalue weighted by Gasteiger charge is -2.16. The molecule has 5 nitrogen and oxygen atoms in total. The summed E-state index contributed by atoms with van der Waals surface area (Å²) in [5.74, 6) is -2.00. The molecule has 0 unspecified atom stereocenters. The minimum atomic E-state index is -1.31. The average Bonchev–Trinajstić information content (AvgIpc) is 2.59. The zero-order valence-corrected chi connectivity index (χ0v) is 13.4. The van der Waals surface area contributed by atoms with Crippen LogP contribution in [0.2, 0.25) is 0 Å². The molecule has 0 aliphatic rings. The zero-order chi connectivity index (χ0) is 18.0. The molecule has 1 heterocycles. The fourth-order valence-corrected chi connectivity index (χ4v) is 2.58. The number of hydrogen-bond acceptors (Lipinski definition) is 4. The van der Waals surface area contributed by atoms with Crippen LogP contribution in [0.3, 0.4) is 0 Å². The monoisotopic (exact) mass is 338 g/mol. The van der Waals surface area contributed by atoms with E-state index < -0.39 is 23.8 Å². The summed E-state index contributed by atoms with van der Waals surface area (Å²) >= 11 is 0. The molecule has 3 aromatic rings. The highest BCUT2D eigenvalue weighted by atomic mass is 19.1. The van der Waals surface area contributed by atoms with Crippen molar-refractivity contribution in [3.8, 4) is 0 Å². The van der Waals surface area contributed by atoms with Crippen molar-refractivity contribution in [3.05, 3.63) is 77.2 Å². The number of carbonyl (C=O) groups is 2. The number of nitrogens with two attached hydrogens (primary N) is 1. The standard InChI is InChI=1S/C19H15FN2O3/c1-11-10-15(14-4-2-3-5-16(14)22-11)19(24)25-17(18(21)23)12-6-8-13(20)9-7-12/h2-10,17H,1H3,(H2,21,23)/t17-/m0/s1. The van der Waals surface area contributed by atoms with Crippen LogP contribution < -0.4 is 5.73 Å². The van der Waals surface area contributed by atoms with Gasteiger partial charge in [-0.3, -0.25) is 9.78 Å². The van der Waals surface area contributed by atoms with Gasteiger partial charge in [0, 0.05) is 16.6 Å². The molecule has 1 amide bonds. The number of carbonyl (C=O) groups excluding carboxylic acids is 2. The van der Waals surface area contributed by atoms with Crippen molar-refractivity contribution in [2.45, 2.75) is 13.0 Å². The molecule has 126 valence electrons. The number of fused-ring (bicyclic) bond motifs is 1. The molecule has 6 heteroatoms. The lowest BCUT2D eigenvalue weighted by Crippen LogP contribution is -2.26. The highest BCUT2D eigenvalue weighted by molar-refractivity contribution is 6.04. The van der Waals surface area contributed by atoms with Gasteiger partial charge in [0.1, 0.15) is 5.82 Å². The van der Waals surface area contributed by atoms with Gasteiger partial charge in [0.15, 0.2) is 0 Å². The van der Waals surface area contributed by atoms with E-state index in [-0.39, 0.29) is 5.56 Å². The maximum Gasteiger partial charge on any atom is 0.340 e. The van der Waals surface area contributed by atoms with Gasteiger partial charge in [-0.1, -0.05) is 30.3 Å². The normalized spacial score (nSPS) is 11.9. The lowest BCUT2D eigenvalue weighted by molar-refractivity contribution is -0.127. The second-order valence-corrected chi connectivity index (χ2v) is 5.57. The zero-order valence-electron chi connectivity index (χ0n) is 13.4. The largest absolute Gasteiger partial charge is 0.444 e. The van der Waals surface area contributed by atoms with E-state index in [1.165, 1.54) is 24.3 Å². The smallest absolute Gasteiger partial charge is 0.340 e. The van der Waals surface area contributed by atoms with Gasteiger partial charge in [0.2, 0.25) is 6.10 Å². The summed E-state index contributed by atoms with van der Waals surface area (Å²) in [7, 11) is 0. The number of nitrogens with zero attached hydrogens (tertiary/aromatic N) is 1. The van der Waals surface area contributed by atoms with Crippen molar-refractivity contribution in [2.24, 2.45) is 5.73 Å². The first-order valence-electron chi connectivity index (χ1n) is 7.58. The van der Waals surface area contributed by atoms with Crippen molar-refractivity contribution in [3.63, 3.8) is 0 Å². The summed E-state index contributed by atoms with van der Waals surface area (Å²) in [5.41, 5.74) is 7.23. The van der Waals surface area contributed by atoms with Crippen LogP contribution in [0.5, 0.6) is 0 Å². The lowest BCUT2D eigenvalue weighted by atomic mass is 10.1. The van der Waals surface area contributed by atoms with E-state index in [0.717, 1.165) is 0 Å². The first-order chi connectivity index (χ1) is 12.0. The minimum Gasteiger partial charge on any atom is -0.444 e. The molecule has 1 atom stereocenters. The number of amides is 1. The van der Waals surface area contributed by atoms with Crippen LogP contribution in [0, 0.1) is 12.7 Å².